The van der Waals surface area contributed by atoms with E-state index in [0.29, 0.717) is 0 Å². The minimum absolute atomic E-state index is 0.241. The number of nitrogens with one attached hydrogen (secondary N) is 1. The average Bonchev–Trinajstić information content (AvgIpc) is 3.23. The molecule has 5 nitrogen and oxygen atoms in total. The maximum absolute atomic E-state index is 5.73. The summed E-state index contributed by atoms with van der Waals surface area (Å²) in [7, 11) is 3.84. The molecule has 1 aromatic carbocycles. The zero-order valence-corrected chi connectivity index (χ0v) is 17.2. The Hall–Kier alpha value is -1.96. The highest BCUT2D eigenvalue weighted by atomic mass is 32.1. The fourth-order valence-electron chi connectivity index (χ4n) is 2.98. The highest BCUT2D eigenvalue weighted by Crippen LogP contribution is 2.24. The lowest BCUT2D eigenvalue weighted by molar-refractivity contribution is -0.917. The Kier molecular flexibility index (Phi) is 5.90. The number of benzene rings is 1. The van der Waals surface area contributed by atoms with E-state index in [-0.39, 0.29) is 6.04 Å². The molecule has 0 amide bonds. The minimum Gasteiger partial charge on any atom is -0.497 e. The van der Waals surface area contributed by atoms with E-state index < -0.39 is 0 Å². The molecule has 0 bridgehead atoms. The molecule has 1 atom stereocenters. The number of hydrogen-bond acceptors (Lipinski definition) is 4. The first-order chi connectivity index (χ1) is 12.5. The summed E-state index contributed by atoms with van der Waals surface area (Å²) >= 11 is 7.46. The first-order valence-corrected chi connectivity index (χ1v) is 10.0. The molecule has 0 aliphatic heterocycles. The summed E-state index contributed by atoms with van der Waals surface area (Å²) in [6.07, 6.45) is 0. The van der Waals surface area contributed by atoms with E-state index in [0.717, 1.165) is 35.1 Å². The van der Waals surface area contributed by atoms with Gasteiger partial charge in [0, 0.05) is 17.2 Å². The zero-order valence-electron chi connectivity index (χ0n) is 15.6. The van der Waals surface area contributed by atoms with Gasteiger partial charge in [0.15, 0.2) is 12.5 Å². The maximum atomic E-state index is 5.73. The van der Waals surface area contributed by atoms with Crippen LogP contribution in [-0.4, -0.2) is 28.5 Å². The molecular weight excluding hydrogens is 364 g/mol. The van der Waals surface area contributed by atoms with E-state index in [1.54, 1.807) is 18.4 Å². The first kappa shape index (κ1) is 18.8. The standard InChI is InChI=1S/C19H24N4OS2/c1-14(2)23-18(16-5-7-17(24-4)8-6-16)20-22(19(23)25)13-21(3)11-15-9-10-26-12-15/h5-10,12,14H,11,13H2,1-4H3/p+1. The molecule has 0 aliphatic carbocycles. The number of aromatic nitrogens is 3. The Labute approximate surface area is 163 Å². The van der Waals surface area contributed by atoms with Crippen molar-refractivity contribution in [1.29, 1.82) is 0 Å². The van der Waals surface area contributed by atoms with E-state index in [1.165, 1.54) is 10.5 Å². The van der Waals surface area contributed by atoms with Crippen LogP contribution in [0.25, 0.3) is 11.4 Å². The van der Waals surface area contributed by atoms with Crippen LogP contribution < -0.4 is 9.64 Å². The monoisotopic (exact) mass is 389 g/mol. The SMILES string of the molecule is COc1ccc(-c2nn(C[NH+](C)Cc3ccsc3)c(=S)n2C(C)C)cc1. The first-order valence-electron chi connectivity index (χ1n) is 8.65. The third-order valence-electron chi connectivity index (χ3n) is 4.24. The normalized spacial score (nSPS) is 12.5. The Morgan fingerprint density at radius 3 is 2.54 bits per heavy atom. The second-order valence-corrected chi connectivity index (χ2v) is 7.87. The van der Waals surface area contributed by atoms with Crippen LogP contribution in [0.15, 0.2) is 41.1 Å². The summed E-state index contributed by atoms with van der Waals surface area (Å²) in [6.45, 7) is 5.96. The maximum Gasteiger partial charge on any atom is 0.203 e. The molecule has 0 saturated heterocycles. The Morgan fingerprint density at radius 2 is 1.96 bits per heavy atom. The number of quaternary nitrogens is 1. The lowest BCUT2D eigenvalue weighted by Crippen LogP contribution is -3.06. The number of hydrogen-bond donors (Lipinski definition) is 1. The van der Waals surface area contributed by atoms with Crippen LogP contribution in [0.3, 0.4) is 0 Å². The highest BCUT2D eigenvalue weighted by Gasteiger charge is 2.17. The van der Waals surface area contributed by atoms with E-state index in [1.807, 2.05) is 28.9 Å². The third kappa shape index (κ3) is 4.06. The topological polar surface area (TPSA) is 36.4 Å². The smallest absolute Gasteiger partial charge is 0.203 e. The average molecular weight is 390 g/mol. The third-order valence-corrected chi connectivity index (χ3v) is 5.38. The summed E-state index contributed by atoms with van der Waals surface area (Å²) in [5.41, 5.74) is 2.39. The van der Waals surface area contributed by atoms with E-state index in [9.17, 15) is 0 Å². The Bertz CT molecular complexity index is 895. The van der Waals surface area contributed by atoms with Crippen LogP contribution in [0.5, 0.6) is 5.75 Å². The van der Waals surface area contributed by atoms with Gasteiger partial charge in [0.1, 0.15) is 12.3 Å². The molecule has 3 rings (SSSR count). The molecular formula is C19H25N4OS2+. The van der Waals surface area contributed by atoms with Crippen molar-refractivity contribution in [3.8, 4) is 17.1 Å². The molecule has 0 fully saturated rings. The predicted octanol–water partition coefficient (Wildman–Crippen LogP) is 3.40. The molecule has 3 aromatic rings. The number of methoxy groups -OCH3 is 1. The van der Waals surface area contributed by atoms with Gasteiger partial charge in [0.2, 0.25) is 4.77 Å². The molecule has 1 N–H and O–H groups in total. The molecule has 0 saturated carbocycles. The van der Waals surface area contributed by atoms with Gasteiger partial charge in [0.05, 0.1) is 14.2 Å². The molecule has 26 heavy (non-hydrogen) atoms. The molecule has 2 aromatic heterocycles. The van der Waals surface area contributed by atoms with Crippen molar-refractivity contribution >= 4 is 23.6 Å². The van der Waals surface area contributed by atoms with Gasteiger partial charge in [0.25, 0.3) is 0 Å². The molecule has 7 heteroatoms. The lowest BCUT2D eigenvalue weighted by atomic mass is 10.2. The molecule has 0 spiro atoms. The Balaban J connectivity index is 1.90. The molecule has 1 unspecified atom stereocenters. The van der Waals surface area contributed by atoms with Crippen LogP contribution in [0.4, 0.5) is 0 Å². The van der Waals surface area contributed by atoms with Gasteiger partial charge < -0.3 is 9.64 Å². The van der Waals surface area contributed by atoms with Crippen molar-refractivity contribution in [3.05, 3.63) is 51.4 Å². The van der Waals surface area contributed by atoms with Crippen LogP contribution in [0.2, 0.25) is 0 Å². The van der Waals surface area contributed by atoms with Crippen LogP contribution in [0.1, 0.15) is 25.5 Å². The lowest BCUT2D eigenvalue weighted by Gasteiger charge is -2.13. The summed E-state index contributed by atoms with van der Waals surface area (Å²) in [4.78, 5) is 1.34. The molecule has 2 heterocycles. The van der Waals surface area contributed by atoms with E-state index >= 15 is 0 Å². The summed E-state index contributed by atoms with van der Waals surface area (Å²) < 4.78 is 10.1. The fraction of sp³-hybridized carbons (Fsp3) is 0.368. The largest absolute Gasteiger partial charge is 0.497 e. The van der Waals surface area contributed by atoms with Crippen molar-refractivity contribution in [2.24, 2.45) is 0 Å². The molecule has 0 radical (unpaired) electrons. The zero-order chi connectivity index (χ0) is 18.7. The second kappa shape index (κ2) is 8.16. The van der Waals surface area contributed by atoms with Gasteiger partial charge in [-0.3, -0.25) is 4.57 Å². The highest BCUT2D eigenvalue weighted by molar-refractivity contribution is 7.71. The van der Waals surface area contributed by atoms with Gasteiger partial charge in [-0.05, 0) is 67.2 Å². The van der Waals surface area contributed by atoms with Crippen molar-refractivity contribution in [1.82, 2.24) is 14.3 Å². The van der Waals surface area contributed by atoms with Gasteiger partial charge in [-0.1, -0.05) is 0 Å². The van der Waals surface area contributed by atoms with Crippen molar-refractivity contribution in [3.63, 3.8) is 0 Å². The molecule has 138 valence electrons. The van der Waals surface area contributed by atoms with Gasteiger partial charge in [-0.25, -0.2) is 0 Å². The van der Waals surface area contributed by atoms with Gasteiger partial charge >= 0.3 is 0 Å². The van der Waals surface area contributed by atoms with Crippen LogP contribution in [-0.2, 0) is 13.2 Å². The number of nitrogens with zero attached hydrogens (tertiary/aromatic N) is 3. The number of thiophene rings is 1. The van der Waals surface area contributed by atoms with E-state index in [2.05, 4.69) is 42.3 Å². The van der Waals surface area contributed by atoms with Gasteiger partial charge in [-0.15, -0.1) is 5.10 Å². The second-order valence-electron chi connectivity index (χ2n) is 6.72. The van der Waals surface area contributed by atoms with Gasteiger partial charge in [-0.2, -0.15) is 16.0 Å². The summed E-state index contributed by atoms with van der Waals surface area (Å²) in [5.74, 6) is 1.74. The van der Waals surface area contributed by atoms with E-state index in [4.69, 9.17) is 22.1 Å². The summed E-state index contributed by atoms with van der Waals surface area (Å²) in [5, 5.41) is 9.15. The Morgan fingerprint density at radius 1 is 1.23 bits per heavy atom. The fourth-order valence-corrected chi connectivity index (χ4v) is 4.05. The quantitative estimate of drug-likeness (QED) is 0.629. The number of ether oxygens (including phenoxy) is 1. The van der Waals surface area contributed by atoms with Crippen molar-refractivity contribution < 1.29 is 9.64 Å². The van der Waals surface area contributed by atoms with Crippen LogP contribution >= 0.6 is 23.6 Å². The van der Waals surface area contributed by atoms with Crippen LogP contribution in [0, 0.1) is 4.77 Å². The summed E-state index contributed by atoms with van der Waals surface area (Å²) in [6, 6.07) is 10.4. The number of rotatable bonds is 7. The minimum atomic E-state index is 0.241. The van der Waals surface area contributed by atoms with Crippen molar-refractivity contribution in [2.75, 3.05) is 14.2 Å². The predicted molar refractivity (Wildman–Crippen MR) is 108 cm³/mol. The van der Waals surface area contributed by atoms with Crippen molar-refractivity contribution in [2.45, 2.75) is 33.1 Å². The molecule has 0 aliphatic rings.